The van der Waals surface area contributed by atoms with Crippen molar-refractivity contribution < 1.29 is 33.5 Å². The van der Waals surface area contributed by atoms with E-state index >= 15 is 0 Å². The van der Waals surface area contributed by atoms with Crippen molar-refractivity contribution in [2.24, 2.45) is 0 Å². The molecule has 0 aromatic heterocycles. The molecule has 0 aromatic rings. The fraction of sp³-hybridized carbons (Fsp3) is 0. The Morgan fingerprint density at radius 2 is 0.500 bits per heavy atom. The molecule has 47 valence electrons. The summed E-state index contributed by atoms with van der Waals surface area (Å²) >= 11 is 0. The van der Waals surface area contributed by atoms with E-state index in [0.717, 1.165) is 0 Å². The second kappa shape index (κ2) is 58.8. The van der Waals surface area contributed by atoms with Gasteiger partial charge in [0.15, 0.2) is 0 Å². The fourth-order valence-corrected chi connectivity index (χ4v) is 0. The SMILES string of the molecule is O.O.O.[Cu].[InH3].[InH3]. The number of hydrogen-bond donors (Lipinski definition) is 0. The van der Waals surface area contributed by atoms with Gasteiger partial charge in [-0.15, -0.1) is 0 Å². The topological polar surface area (TPSA) is 94.5 Å². The first-order valence-electron chi connectivity index (χ1n) is 0. The van der Waals surface area contributed by atoms with Crippen LogP contribution in [0.1, 0.15) is 0 Å². The van der Waals surface area contributed by atoms with Crippen molar-refractivity contribution in [3.05, 3.63) is 0 Å². The van der Waals surface area contributed by atoms with Crippen LogP contribution in [0.5, 0.6) is 0 Å². The second-order valence-electron chi connectivity index (χ2n) is 0. The molecular formula is H12CuIn2O3. The van der Waals surface area contributed by atoms with Gasteiger partial charge in [0, 0.05) is 17.1 Å². The van der Waals surface area contributed by atoms with Crippen molar-refractivity contribution in [3.8, 4) is 0 Å². The fourth-order valence-electron chi connectivity index (χ4n) is 0. The molecule has 1 radical (unpaired) electrons. The molecule has 0 aliphatic rings. The van der Waals surface area contributed by atoms with E-state index in [2.05, 4.69) is 0 Å². The van der Waals surface area contributed by atoms with Gasteiger partial charge in [-0.1, -0.05) is 0 Å². The molecular weight excluding hydrogens is 341 g/mol. The molecule has 3 nitrogen and oxygen atoms in total. The Morgan fingerprint density at radius 3 is 0.500 bits per heavy atom. The van der Waals surface area contributed by atoms with Crippen LogP contribution in [0, 0.1) is 0 Å². The van der Waals surface area contributed by atoms with Gasteiger partial charge in [-0.3, -0.25) is 0 Å². The van der Waals surface area contributed by atoms with Crippen molar-refractivity contribution in [1.82, 2.24) is 0 Å². The molecule has 0 amide bonds. The van der Waals surface area contributed by atoms with Crippen LogP contribution >= 0.6 is 0 Å². The summed E-state index contributed by atoms with van der Waals surface area (Å²) in [5.41, 5.74) is 0. The van der Waals surface area contributed by atoms with Crippen LogP contribution in [0.2, 0.25) is 0 Å². The summed E-state index contributed by atoms with van der Waals surface area (Å²) in [6, 6.07) is 0. The van der Waals surface area contributed by atoms with Gasteiger partial charge in [-0.25, -0.2) is 0 Å². The molecule has 6 N–H and O–H groups in total. The van der Waals surface area contributed by atoms with Gasteiger partial charge in [-0.05, 0) is 0 Å². The van der Waals surface area contributed by atoms with E-state index < -0.39 is 0 Å². The zero-order chi connectivity index (χ0) is 0. The van der Waals surface area contributed by atoms with E-state index in [-0.39, 0.29) is 85.2 Å². The van der Waals surface area contributed by atoms with Gasteiger partial charge in [0.25, 0.3) is 0 Å². The minimum atomic E-state index is 0. The van der Waals surface area contributed by atoms with E-state index in [1.807, 2.05) is 0 Å². The number of hydrogen-bond acceptors (Lipinski definition) is 0. The summed E-state index contributed by atoms with van der Waals surface area (Å²) < 4.78 is 0. The number of rotatable bonds is 0. The molecule has 0 unspecified atom stereocenters. The third kappa shape index (κ3) is 35.4. The molecule has 0 bridgehead atoms. The summed E-state index contributed by atoms with van der Waals surface area (Å²) in [5, 5.41) is 0. The first-order chi connectivity index (χ1) is 0. The van der Waals surface area contributed by atoms with Gasteiger partial charge in [0.2, 0.25) is 0 Å². The van der Waals surface area contributed by atoms with E-state index in [1.54, 1.807) is 0 Å². The Balaban J connectivity index is 0. The van der Waals surface area contributed by atoms with Crippen molar-refractivity contribution in [2.75, 3.05) is 0 Å². The first-order valence-corrected chi connectivity index (χ1v) is 0. The maximum absolute atomic E-state index is 0. The Labute approximate surface area is 84.2 Å². The monoisotopic (exact) mass is 353 g/mol. The Hall–Kier alpha value is 2.14. The van der Waals surface area contributed by atoms with E-state index in [4.69, 9.17) is 0 Å². The van der Waals surface area contributed by atoms with Crippen LogP contribution in [0.4, 0.5) is 0 Å². The van der Waals surface area contributed by atoms with Crippen LogP contribution < -0.4 is 0 Å². The van der Waals surface area contributed by atoms with Crippen LogP contribution in [-0.2, 0) is 17.1 Å². The third-order valence-electron chi connectivity index (χ3n) is 0. The van der Waals surface area contributed by atoms with Crippen LogP contribution in [0.25, 0.3) is 0 Å². The van der Waals surface area contributed by atoms with Gasteiger partial charge in [0.1, 0.15) is 0 Å². The summed E-state index contributed by atoms with van der Waals surface area (Å²) in [6.07, 6.45) is 0. The normalized spacial score (nSPS) is 0. The summed E-state index contributed by atoms with van der Waals surface area (Å²) in [7, 11) is 0. The second-order valence-corrected chi connectivity index (χ2v) is 0. The van der Waals surface area contributed by atoms with Crippen LogP contribution in [0.3, 0.4) is 0 Å². The van der Waals surface area contributed by atoms with Gasteiger partial charge in [-0.2, -0.15) is 0 Å². The van der Waals surface area contributed by atoms with Crippen LogP contribution in [-0.4, -0.2) is 68.1 Å². The molecule has 0 heterocycles. The van der Waals surface area contributed by atoms with Crippen LogP contribution in [0.15, 0.2) is 0 Å². The van der Waals surface area contributed by atoms with Gasteiger partial charge in [0.05, 0.1) is 0 Å². The molecule has 6 heteroatoms. The maximum atomic E-state index is 0. The molecule has 0 saturated carbocycles. The molecule has 0 aliphatic heterocycles. The third-order valence-corrected chi connectivity index (χ3v) is 0. The van der Waals surface area contributed by atoms with E-state index in [1.165, 1.54) is 0 Å². The van der Waals surface area contributed by atoms with Crippen molar-refractivity contribution in [1.29, 1.82) is 0 Å². The molecule has 0 aliphatic carbocycles. The Bertz CT molecular complexity index is 8.75. The molecule has 0 fully saturated rings. The average molecular weight is 353 g/mol. The Morgan fingerprint density at radius 1 is 0.500 bits per heavy atom. The van der Waals surface area contributed by atoms with E-state index in [0.29, 0.717) is 0 Å². The summed E-state index contributed by atoms with van der Waals surface area (Å²) in [5.74, 6) is 0. The molecule has 0 aromatic carbocycles. The van der Waals surface area contributed by atoms with Crippen molar-refractivity contribution in [2.45, 2.75) is 0 Å². The minimum absolute atomic E-state index is 0. The zero-order valence-electron chi connectivity index (χ0n) is 1.80. The standard InChI is InChI=1S/Cu.2In.3H2O.6H/h;;;3*1H2;;;;;;. The summed E-state index contributed by atoms with van der Waals surface area (Å²) in [4.78, 5) is 0. The predicted molar refractivity (Wildman–Crippen MR) is 30.7 cm³/mol. The molecule has 0 rings (SSSR count). The quantitative estimate of drug-likeness (QED) is 0.391. The Kier molecular flexibility index (Phi) is 888. The predicted octanol–water partition coefficient (Wildman–Crippen LogP) is -4.84. The van der Waals surface area contributed by atoms with Crippen molar-refractivity contribution >= 4 is 51.7 Å². The molecule has 0 spiro atoms. The molecule has 6 heavy (non-hydrogen) atoms. The zero-order valence-corrected chi connectivity index (χ0v) is 2.74. The van der Waals surface area contributed by atoms with E-state index in [9.17, 15) is 0 Å². The van der Waals surface area contributed by atoms with Crippen molar-refractivity contribution in [3.63, 3.8) is 0 Å². The molecule has 0 atom stereocenters. The molecule has 0 saturated heterocycles. The summed E-state index contributed by atoms with van der Waals surface area (Å²) in [6.45, 7) is 0. The first kappa shape index (κ1) is 90.6. The average Bonchev–Trinajstić information content (AvgIpc) is 0. The van der Waals surface area contributed by atoms with Gasteiger partial charge >= 0.3 is 51.7 Å². The van der Waals surface area contributed by atoms with Gasteiger partial charge < -0.3 is 16.4 Å².